The Morgan fingerprint density at radius 3 is 2.52 bits per heavy atom. The van der Waals surface area contributed by atoms with Gasteiger partial charge in [0.2, 0.25) is 5.91 Å². The number of aryl methyl sites for hydroxylation is 1. The number of carbonyl (C=O) groups is 1. The molecule has 0 aromatic heterocycles. The quantitative estimate of drug-likeness (QED) is 0.560. The first kappa shape index (κ1) is 23.3. The van der Waals surface area contributed by atoms with E-state index >= 15 is 0 Å². The van der Waals surface area contributed by atoms with Crippen LogP contribution in [0.5, 0.6) is 5.75 Å². The van der Waals surface area contributed by atoms with Crippen molar-refractivity contribution < 1.29 is 23.1 Å². The molecule has 1 amide bonds. The van der Waals surface area contributed by atoms with Crippen molar-refractivity contribution in [2.45, 2.75) is 18.2 Å². The number of anilines is 1. The zero-order valence-electron chi connectivity index (χ0n) is 16.0. The largest absolute Gasteiger partial charge is 0.495 e. The van der Waals surface area contributed by atoms with Crippen LogP contribution >= 0.6 is 23.2 Å². The molecule has 0 heterocycles. The van der Waals surface area contributed by atoms with Gasteiger partial charge >= 0.3 is 0 Å². The van der Waals surface area contributed by atoms with Crippen LogP contribution in [-0.4, -0.2) is 46.2 Å². The van der Waals surface area contributed by atoms with E-state index in [4.69, 9.17) is 33.0 Å². The van der Waals surface area contributed by atoms with Crippen LogP contribution in [0, 0.1) is 6.92 Å². The molecule has 0 saturated heterocycles. The number of methoxy groups -OCH3 is 1. The molecule has 0 aliphatic carbocycles. The van der Waals surface area contributed by atoms with E-state index in [0.29, 0.717) is 12.0 Å². The Morgan fingerprint density at radius 1 is 1.17 bits per heavy atom. The summed E-state index contributed by atoms with van der Waals surface area (Å²) in [6.45, 7) is 1.40. The summed E-state index contributed by atoms with van der Waals surface area (Å²) in [5.41, 5.74) is 0.895. The standard InChI is InChI=1S/C19H22Cl2N2O5S/c1-13-4-7-17(28-2)18(10-13)29(26,27)23(12-19(25)22-8-3-9-24)14-5-6-15(20)16(21)11-14/h4-7,10-11,24H,3,8-9,12H2,1-2H3,(H,22,25). The highest BCUT2D eigenvalue weighted by Gasteiger charge is 2.30. The van der Waals surface area contributed by atoms with Crippen LogP contribution in [0.1, 0.15) is 12.0 Å². The number of carbonyl (C=O) groups excluding carboxylic acids is 1. The van der Waals surface area contributed by atoms with Gasteiger partial charge in [0, 0.05) is 13.2 Å². The Kier molecular flexibility index (Phi) is 8.15. The lowest BCUT2D eigenvalue weighted by Crippen LogP contribution is -2.41. The van der Waals surface area contributed by atoms with Crippen molar-refractivity contribution in [3.05, 3.63) is 52.0 Å². The molecule has 2 rings (SSSR count). The minimum Gasteiger partial charge on any atom is -0.495 e. The van der Waals surface area contributed by atoms with E-state index in [0.717, 1.165) is 4.31 Å². The summed E-state index contributed by atoms with van der Waals surface area (Å²) >= 11 is 12.0. The van der Waals surface area contributed by atoms with Crippen molar-refractivity contribution >= 4 is 44.8 Å². The van der Waals surface area contributed by atoms with Gasteiger partial charge in [-0.15, -0.1) is 0 Å². The summed E-state index contributed by atoms with van der Waals surface area (Å²) in [6.07, 6.45) is 0.358. The van der Waals surface area contributed by atoms with Crippen molar-refractivity contribution in [3.63, 3.8) is 0 Å². The first-order valence-electron chi connectivity index (χ1n) is 8.70. The molecule has 2 aromatic carbocycles. The molecular weight excluding hydrogens is 439 g/mol. The lowest BCUT2D eigenvalue weighted by atomic mass is 10.2. The lowest BCUT2D eigenvalue weighted by Gasteiger charge is -2.25. The molecule has 29 heavy (non-hydrogen) atoms. The van der Waals surface area contributed by atoms with Crippen LogP contribution in [0.25, 0.3) is 0 Å². The molecule has 0 spiro atoms. The Hall–Kier alpha value is -2.00. The van der Waals surface area contributed by atoms with E-state index in [2.05, 4.69) is 5.32 Å². The van der Waals surface area contributed by atoms with Crippen LogP contribution in [-0.2, 0) is 14.8 Å². The number of benzene rings is 2. The second kappa shape index (κ2) is 10.2. The predicted octanol–water partition coefficient (Wildman–Crippen LogP) is 3.00. The zero-order chi connectivity index (χ0) is 21.6. The van der Waals surface area contributed by atoms with Crippen molar-refractivity contribution in [1.82, 2.24) is 5.32 Å². The SMILES string of the molecule is COc1ccc(C)cc1S(=O)(=O)N(CC(=O)NCCCO)c1ccc(Cl)c(Cl)c1. The van der Waals surface area contributed by atoms with Crippen LogP contribution in [0.3, 0.4) is 0 Å². The van der Waals surface area contributed by atoms with Crippen LogP contribution in [0.15, 0.2) is 41.3 Å². The number of halogens is 2. The monoisotopic (exact) mass is 460 g/mol. The number of aliphatic hydroxyl groups is 1. The number of sulfonamides is 1. The third-order valence-electron chi connectivity index (χ3n) is 4.02. The fourth-order valence-electron chi connectivity index (χ4n) is 2.55. The zero-order valence-corrected chi connectivity index (χ0v) is 18.3. The van der Waals surface area contributed by atoms with Gasteiger partial charge in [-0.25, -0.2) is 8.42 Å². The van der Waals surface area contributed by atoms with Gasteiger partial charge in [-0.1, -0.05) is 29.3 Å². The van der Waals surface area contributed by atoms with Crippen molar-refractivity contribution in [2.75, 3.05) is 31.1 Å². The number of ether oxygens (including phenoxy) is 1. The molecule has 0 radical (unpaired) electrons. The minimum atomic E-state index is -4.18. The Morgan fingerprint density at radius 2 is 1.90 bits per heavy atom. The molecule has 10 heteroatoms. The minimum absolute atomic E-state index is 0.0748. The molecule has 0 aliphatic heterocycles. The van der Waals surface area contributed by atoms with Gasteiger partial charge in [-0.3, -0.25) is 9.10 Å². The second-order valence-corrected chi connectivity index (χ2v) is 8.84. The van der Waals surface area contributed by atoms with E-state index in [9.17, 15) is 13.2 Å². The van der Waals surface area contributed by atoms with Gasteiger partial charge in [0.25, 0.3) is 10.0 Å². The normalized spacial score (nSPS) is 11.2. The summed E-state index contributed by atoms with van der Waals surface area (Å²) in [6, 6.07) is 9.06. The smallest absolute Gasteiger partial charge is 0.268 e. The number of nitrogens with zero attached hydrogens (tertiary/aromatic N) is 1. The highest BCUT2D eigenvalue weighted by molar-refractivity contribution is 7.93. The molecule has 7 nitrogen and oxygen atoms in total. The maximum absolute atomic E-state index is 13.5. The van der Waals surface area contributed by atoms with Gasteiger partial charge in [-0.05, 0) is 49.2 Å². The molecule has 2 N–H and O–H groups in total. The summed E-state index contributed by atoms with van der Waals surface area (Å²) in [5.74, 6) is -0.374. The Labute approximate surface area is 180 Å². The lowest BCUT2D eigenvalue weighted by molar-refractivity contribution is -0.119. The van der Waals surface area contributed by atoms with E-state index in [1.54, 1.807) is 19.1 Å². The van der Waals surface area contributed by atoms with Gasteiger partial charge in [0.05, 0.1) is 22.8 Å². The molecule has 0 saturated carbocycles. The number of aliphatic hydroxyl groups excluding tert-OH is 1. The highest BCUT2D eigenvalue weighted by Crippen LogP contribution is 2.33. The number of hydrogen-bond donors (Lipinski definition) is 2. The summed E-state index contributed by atoms with van der Waals surface area (Å²) < 4.78 is 33.1. The number of amides is 1. The number of nitrogens with one attached hydrogen (secondary N) is 1. The van der Waals surface area contributed by atoms with E-state index in [1.807, 2.05) is 0 Å². The molecule has 2 aromatic rings. The van der Waals surface area contributed by atoms with Crippen molar-refractivity contribution in [1.29, 1.82) is 0 Å². The van der Waals surface area contributed by atoms with Crippen LogP contribution < -0.4 is 14.4 Å². The third kappa shape index (κ3) is 5.76. The molecule has 0 atom stereocenters. The first-order valence-corrected chi connectivity index (χ1v) is 10.9. The van der Waals surface area contributed by atoms with Gasteiger partial charge < -0.3 is 15.2 Å². The molecule has 0 aliphatic rings. The van der Waals surface area contributed by atoms with Gasteiger partial charge in [0.1, 0.15) is 17.2 Å². The maximum atomic E-state index is 13.5. The average molecular weight is 461 g/mol. The van der Waals surface area contributed by atoms with E-state index < -0.39 is 22.5 Å². The Balaban J connectivity index is 2.52. The summed E-state index contributed by atoms with van der Waals surface area (Å²) in [5, 5.41) is 11.8. The van der Waals surface area contributed by atoms with Crippen molar-refractivity contribution in [2.24, 2.45) is 0 Å². The average Bonchev–Trinajstić information content (AvgIpc) is 2.68. The van der Waals surface area contributed by atoms with Crippen molar-refractivity contribution in [3.8, 4) is 5.75 Å². The predicted molar refractivity (Wildman–Crippen MR) is 113 cm³/mol. The molecule has 0 bridgehead atoms. The Bertz CT molecular complexity index is 983. The third-order valence-corrected chi connectivity index (χ3v) is 6.56. The van der Waals surface area contributed by atoms with Crippen LogP contribution in [0.2, 0.25) is 10.0 Å². The first-order chi connectivity index (χ1) is 13.7. The fourth-order valence-corrected chi connectivity index (χ4v) is 4.50. The molecular formula is C19H22Cl2N2O5S. The number of rotatable bonds is 9. The van der Waals surface area contributed by atoms with Gasteiger partial charge in [0.15, 0.2) is 0 Å². The van der Waals surface area contributed by atoms with Gasteiger partial charge in [-0.2, -0.15) is 0 Å². The van der Waals surface area contributed by atoms with Crippen LogP contribution in [0.4, 0.5) is 5.69 Å². The van der Waals surface area contributed by atoms with E-state index in [-0.39, 0.29) is 39.5 Å². The second-order valence-electron chi connectivity index (χ2n) is 6.19. The van der Waals surface area contributed by atoms with E-state index in [1.165, 1.54) is 31.4 Å². The topological polar surface area (TPSA) is 95.9 Å². The molecule has 0 fully saturated rings. The summed E-state index contributed by atoms with van der Waals surface area (Å²) in [7, 11) is -2.81. The maximum Gasteiger partial charge on any atom is 0.268 e. The number of hydrogen-bond acceptors (Lipinski definition) is 5. The summed E-state index contributed by atoms with van der Waals surface area (Å²) in [4.78, 5) is 12.3. The molecule has 158 valence electrons. The molecule has 0 unspecified atom stereocenters. The highest BCUT2D eigenvalue weighted by atomic mass is 35.5. The fraction of sp³-hybridized carbons (Fsp3) is 0.316.